The summed E-state index contributed by atoms with van der Waals surface area (Å²) in [6.07, 6.45) is 6.21. The number of ether oxygens (including phenoxy) is 1. The van der Waals surface area contributed by atoms with E-state index in [4.69, 9.17) is 15.1 Å². The van der Waals surface area contributed by atoms with Crippen molar-refractivity contribution in [2.75, 3.05) is 0 Å². The summed E-state index contributed by atoms with van der Waals surface area (Å²) >= 11 is 0. The van der Waals surface area contributed by atoms with Crippen molar-refractivity contribution < 1.29 is 14.6 Å². The lowest BCUT2D eigenvalue weighted by molar-refractivity contribution is -0.143. The molecule has 1 fully saturated rings. The first-order valence-corrected chi connectivity index (χ1v) is 10.8. The molecule has 0 spiro atoms. The summed E-state index contributed by atoms with van der Waals surface area (Å²) in [6, 6.07) is 15.1. The fraction of sp³-hybridized carbons (Fsp3) is 0.240. The van der Waals surface area contributed by atoms with Crippen molar-refractivity contribution in [2.45, 2.75) is 31.8 Å². The molecule has 5 rings (SSSR count). The number of aromatic amines is 1. The molecule has 8 nitrogen and oxygen atoms in total. The van der Waals surface area contributed by atoms with Crippen LogP contribution in [0.3, 0.4) is 0 Å². The van der Waals surface area contributed by atoms with E-state index in [0.717, 1.165) is 40.7 Å². The van der Waals surface area contributed by atoms with E-state index in [2.05, 4.69) is 26.0 Å². The Morgan fingerprint density at radius 2 is 1.82 bits per heavy atom. The van der Waals surface area contributed by atoms with Crippen molar-refractivity contribution in [2.24, 2.45) is 5.92 Å². The minimum absolute atomic E-state index is 0.00408. The summed E-state index contributed by atoms with van der Waals surface area (Å²) in [6.45, 7) is 0. The summed E-state index contributed by atoms with van der Waals surface area (Å²) in [4.78, 5) is 27.9. The van der Waals surface area contributed by atoms with Gasteiger partial charge in [0.1, 0.15) is 11.9 Å². The minimum Gasteiger partial charge on any atom is -0.481 e. The number of nitrogens with zero attached hydrogens (tertiary/aromatic N) is 4. The van der Waals surface area contributed by atoms with E-state index < -0.39 is 5.97 Å². The second-order valence-corrected chi connectivity index (χ2v) is 8.18. The van der Waals surface area contributed by atoms with Gasteiger partial charge in [-0.3, -0.25) is 9.78 Å². The number of hydrogen-bond donors (Lipinski definition) is 2. The highest BCUT2D eigenvalue weighted by Crippen LogP contribution is 2.28. The average Bonchev–Trinajstić information content (AvgIpc) is 3.28. The number of imidazole rings is 1. The van der Waals surface area contributed by atoms with Crippen molar-refractivity contribution in [3.63, 3.8) is 0 Å². The second-order valence-electron chi connectivity index (χ2n) is 8.18. The summed E-state index contributed by atoms with van der Waals surface area (Å²) in [5.41, 5.74) is 4.68. The van der Waals surface area contributed by atoms with E-state index in [-0.39, 0.29) is 12.0 Å². The first kappa shape index (κ1) is 20.6. The first-order chi connectivity index (χ1) is 16.1. The lowest BCUT2D eigenvalue weighted by Crippen LogP contribution is -2.28. The third-order valence-electron chi connectivity index (χ3n) is 5.99. The molecule has 0 radical (unpaired) electrons. The van der Waals surface area contributed by atoms with Crippen LogP contribution in [0.1, 0.15) is 31.2 Å². The number of aromatic nitrogens is 4. The molecule has 0 atom stereocenters. The highest BCUT2D eigenvalue weighted by molar-refractivity contribution is 5.80. The maximum Gasteiger partial charge on any atom is 0.306 e. The van der Waals surface area contributed by atoms with Crippen molar-refractivity contribution in [1.29, 1.82) is 5.26 Å². The molecule has 0 bridgehead atoms. The van der Waals surface area contributed by atoms with E-state index in [0.29, 0.717) is 30.1 Å². The molecule has 33 heavy (non-hydrogen) atoms. The highest BCUT2D eigenvalue weighted by atomic mass is 16.5. The fourth-order valence-corrected chi connectivity index (χ4v) is 4.12. The van der Waals surface area contributed by atoms with Gasteiger partial charge in [-0.25, -0.2) is 9.97 Å². The van der Waals surface area contributed by atoms with Gasteiger partial charge in [0.25, 0.3) is 0 Å². The van der Waals surface area contributed by atoms with Crippen molar-refractivity contribution in [3.8, 4) is 34.6 Å². The summed E-state index contributed by atoms with van der Waals surface area (Å²) in [5.74, 6) is 0.249. The first-order valence-electron chi connectivity index (χ1n) is 10.8. The Bertz CT molecular complexity index is 1330. The number of carboxylic acids is 1. The number of H-pyrrole nitrogens is 1. The molecule has 1 saturated carbocycles. The zero-order valence-corrected chi connectivity index (χ0v) is 17.7. The zero-order valence-electron chi connectivity index (χ0n) is 17.7. The van der Waals surface area contributed by atoms with E-state index in [9.17, 15) is 4.79 Å². The molecule has 1 aliphatic carbocycles. The van der Waals surface area contributed by atoms with Gasteiger partial charge in [-0.1, -0.05) is 0 Å². The molecule has 3 aromatic heterocycles. The second kappa shape index (κ2) is 8.71. The molecule has 164 valence electrons. The van der Waals surface area contributed by atoms with E-state index in [1.807, 2.05) is 30.3 Å². The van der Waals surface area contributed by atoms with Crippen molar-refractivity contribution in [3.05, 3.63) is 60.4 Å². The van der Waals surface area contributed by atoms with Crippen LogP contribution in [0.4, 0.5) is 0 Å². The van der Waals surface area contributed by atoms with Crippen LogP contribution in [0.25, 0.3) is 33.7 Å². The fourth-order valence-electron chi connectivity index (χ4n) is 4.12. The van der Waals surface area contributed by atoms with E-state index >= 15 is 0 Å². The van der Waals surface area contributed by atoms with Gasteiger partial charge in [-0.05, 0) is 62.1 Å². The predicted octanol–water partition coefficient (Wildman–Crippen LogP) is 4.58. The minimum atomic E-state index is -0.720. The van der Waals surface area contributed by atoms with Gasteiger partial charge < -0.3 is 14.8 Å². The van der Waals surface area contributed by atoms with Gasteiger partial charge >= 0.3 is 5.97 Å². The molecule has 4 aromatic rings. The smallest absolute Gasteiger partial charge is 0.306 e. The summed E-state index contributed by atoms with van der Waals surface area (Å²) in [7, 11) is 0. The number of aliphatic carboxylic acids is 1. The van der Waals surface area contributed by atoms with Crippen LogP contribution in [-0.2, 0) is 4.79 Å². The van der Waals surface area contributed by atoms with Crippen LogP contribution in [-0.4, -0.2) is 37.1 Å². The number of benzene rings is 1. The van der Waals surface area contributed by atoms with Crippen LogP contribution in [0.5, 0.6) is 5.88 Å². The monoisotopic (exact) mass is 439 g/mol. The van der Waals surface area contributed by atoms with Crippen LogP contribution >= 0.6 is 0 Å². The highest BCUT2D eigenvalue weighted by Gasteiger charge is 2.27. The van der Waals surface area contributed by atoms with Gasteiger partial charge in [-0.15, -0.1) is 0 Å². The number of hydrogen-bond acceptors (Lipinski definition) is 6. The maximum atomic E-state index is 11.1. The third kappa shape index (κ3) is 4.39. The normalized spacial score (nSPS) is 18.0. The molecule has 2 N–H and O–H groups in total. The van der Waals surface area contributed by atoms with Crippen molar-refractivity contribution in [1.82, 2.24) is 19.9 Å². The molecular formula is C25H21N5O3. The zero-order chi connectivity index (χ0) is 22.8. The Balaban J connectivity index is 1.26. The molecule has 1 aromatic carbocycles. The van der Waals surface area contributed by atoms with Gasteiger partial charge in [0.15, 0.2) is 0 Å². The van der Waals surface area contributed by atoms with Gasteiger partial charge in [0, 0.05) is 29.6 Å². The molecule has 0 aliphatic heterocycles. The Hall–Kier alpha value is -4.25. The number of rotatable bonds is 5. The molecule has 3 heterocycles. The Labute approximate surface area is 189 Å². The van der Waals surface area contributed by atoms with E-state index in [1.54, 1.807) is 24.5 Å². The Kier molecular flexibility index (Phi) is 5.45. The van der Waals surface area contributed by atoms with Gasteiger partial charge in [0.2, 0.25) is 5.88 Å². The summed E-state index contributed by atoms with van der Waals surface area (Å²) < 4.78 is 5.94. The lowest BCUT2D eigenvalue weighted by Gasteiger charge is -2.26. The summed E-state index contributed by atoms with van der Waals surface area (Å²) in [5, 5.41) is 18.2. The van der Waals surface area contributed by atoms with Crippen LogP contribution in [0, 0.1) is 17.2 Å². The van der Waals surface area contributed by atoms with Crippen molar-refractivity contribution >= 4 is 17.0 Å². The number of pyridine rings is 2. The Morgan fingerprint density at radius 1 is 1.03 bits per heavy atom. The molecule has 1 aliphatic rings. The van der Waals surface area contributed by atoms with Gasteiger partial charge in [-0.2, -0.15) is 5.26 Å². The van der Waals surface area contributed by atoms with Gasteiger partial charge in [0.05, 0.1) is 34.3 Å². The Morgan fingerprint density at radius 3 is 2.48 bits per heavy atom. The number of nitrogens with one attached hydrogen (secondary N) is 1. The number of fused-ring (bicyclic) bond motifs is 1. The van der Waals surface area contributed by atoms with Crippen LogP contribution < -0.4 is 4.74 Å². The average molecular weight is 439 g/mol. The SMILES string of the molecule is N#Cc1ccc2nc(-c3ccc(-c4ccc(OC5CCC(C(=O)O)CC5)nc4)nc3)[nH]c2c1. The van der Waals surface area contributed by atoms with Crippen LogP contribution in [0.2, 0.25) is 0 Å². The molecule has 0 amide bonds. The lowest BCUT2D eigenvalue weighted by atomic mass is 9.87. The van der Waals surface area contributed by atoms with E-state index in [1.165, 1.54) is 0 Å². The molecule has 0 saturated heterocycles. The quantitative estimate of drug-likeness (QED) is 0.466. The predicted molar refractivity (Wildman–Crippen MR) is 121 cm³/mol. The maximum absolute atomic E-state index is 11.1. The molecular weight excluding hydrogens is 418 g/mol. The third-order valence-corrected chi connectivity index (χ3v) is 5.99. The number of carboxylic acid groups (broad SMARTS) is 1. The molecule has 8 heteroatoms. The van der Waals surface area contributed by atoms with Crippen LogP contribution in [0.15, 0.2) is 54.9 Å². The number of nitriles is 1. The number of carbonyl (C=O) groups is 1. The largest absolute Gasteiger partial charge is 0.481 e. The molecule has 0 unspecified atom stereocenters. The topological polar surface area (TPSA) is 125 Å². The standard InChI is InChI=1S/C25H21N5O3/c26-12-15-1-8-21-22(11-15)30-24(29-21)18-4-9-20(27-14-18)17-5-10-23(28-13-17)33-19-6-2-16(3-7-19)25(31)32/h1,4-5,8-11,13-14,16,19H,2-3,6-7H2,(H,29,30)(H,31,32).